The molecule has 1 unspecified atom stereocenters. The normalized spacial score (nSPS) is 22.1. The van der Waals surface area contributed by atoms with E-state index < -0.39 is 0 Å². The predicted molar refractivity (Wildman–Crippen MR) is 75.3 cm³/mol. The van der Waals surface area contributed by atoms with Gasteiger partial charge in [0.05, 0.1) is 11.9 Å². The molecule has 0 saturated carbocycles. The maximum Gasteiger partial charge on any atom is 0.106 e. The number of hydrogen-bond donors (Lipinski definition) is 1. The van der Waals surface area contributed by atoms with E-state index in [1.54, 1.807) is 0 Å². The molecule has 17 heavy (non-hydrogen) atoms. The van der Waals surface area contributed by atoms with Gasteiger partial charge >= 0.3 is 0 Å². The number of aromatic nitrogens is 1. The summed E-state index contributed by atoms with van der Waals surface area (Å²) in [7, 11) is 0. The van der Waals surface area contributed by atoms with Crippen molar-refractivity contribution in [1.29, 1.82) is 0 Å². The maximum absolute atomic E-state index is 4.24. The van der Waals surface area contributed by atoms with Gasteiger partial charge in [-0.2, -0.15) is 0 Å². The number of anilines is 1. The number of rotatable bonds is 3. The molecule has 94 valence electrons. The fraction of sp³-hybridized carbons (Fsp3) is 0.615. The Morgan fingerprint density at radius 3 is 3.00 bits per heavy atom. The first-order chi connectivity index (χ1) is 8.28. The lowest BCUT2D eigenvalue weighted by Crippen LogP contribution is -2.26. The van der Waals surface area contributed by atoms with Crippen LogP contribution in [0.1, 0.15) is 26.2 Å². The van der Waals surface area contributed by atoms with Gasteiger partial charge in [0.25, 0.3) is 0 Å². The Morgan fingerprint density at radius 1 is 1.41 bits per heavy atom. The summed E-state index contributed by atoms with van der Waals surface area (Å²) in [4.78, 5) is 6.77. The van der Waals surface area contributed by atoms with E-state index in [-0.39, 0.29) is 0 Å². The van der Waals surface area contributed by atoms with E-state index in [1.165, 1.54) is 38.9 Å². The van der Waals surface area contributed by atoms with Gasteiger partial charge in [0.1, 0.15) is 4.60 Å². The molecule has 1 aliphatic rings. The van der Waals surface area contributed by atoms with Gasteiger partial charge in [0.15, 0.2) is 0 Å². The predicted octanol–water partition coefficient (Wildman–Crippen LogP) is 3.13. The van der Waals surface area contributed by atoms with Gasteiger partial charge in [0.2, 0.25) is 0 Å². The molecule has 4 heteroatoms. The van der Waals surface area contributed by atoms with E-state index in [4.69, 9.17) is 0 Å². The zero-order valence-corrected chi connectivity index (χ0v) is 11.9. The van der Waals surface area contributed by atoms with Crippen LogP contribution in [0, 0.1) is 0 Å². The highest BCUT2D eigenvalue weighted by molar-refractivity contribution is 9.10. The van der Waals surface area contributed by atoms with Crippen molar-refractivity contribution in [2.75, 3.05) is 25.0 Å². The number of halogens is 1. The lowest BCUT2D eigenvalue weighted by Gasteiger charge is -2.19. The average molecular weight is 298 g/mol. The molecule has 1 saturated heterocycles. The van der Waals surface area contributed by atoms with E-state index in [2.05, 4.69) is 44.1 Å². The maximum atomic E-state index is 4.24. The summed E-state index contributed by atoms with van der Waals surface area (Å²) in [6, 6.07) is 4.66. The van der Waals surface area contributed by atoms with Crippen LogP contribution in [-0.4, -0.2) is 35.6 Å². The summed E-state index contributed by atoms with van der Waals surface area (Å²) in [6.07, 6.45) is 5.67. The third-order valence-corrected chi connectivity index (χ3v) is 3.84. The van der Waals surface area contributed by atoms with E-state index >= 15 is 0 Å². The number of likely N-dealkylation sites (tertiary alicyclic amines) is 1. The standard InChI is InChI=1S/C13H20BrN3/c1-2-17-8-3-4-11(7-9-17)16-12-5-6-13(14)15-10-12/h5-6,10-11,16H,2-4,7-9H2,1H3. The van der Waals surface area contributed by atoms with Gasteiger partial charge in [0, 0.05) is 12.6 Å². The number of pyridine rings is 1. The van der Waals surface area contributed by atoms with E-state index in [1.807, 2.05) is 12.3 Å². The Labute approximate surface area is 112 Å². The molecule has 1 aliphatic heterocycles. The lowest BCUT2D eigenvalue weighted by molar-refractivity contribution is 0.300. The van der Waals surface area contributed by atoms with Gasteiger partial charge in [-0.3, -0.25) is 0 Å². The Bertz CT molecular complexity index is 339. The van der Waals surface area contributed by atoms with Crippen molar-refractivity contribution >= 4 is 21.6 Å². The second kappa shape index (κ2) is 6.36. The zero-order valence-electron chi connectivity index (χ0n) is 10.3. The smallest absolute Gasteiger partial charge is 0.106 e. The monoisotopic (exact) mass is 297 g/mol. The van der Waals surface area contributed by atoms with E-state index in [0.29, 0.717) is 6.04 Å². The van der Waals surface area contributed by atoms with Crippen LogP contribution < -0.4 is 5.32 Å². The highest BCUT2D eigenvalue weighted by atomic mass is 79.9. The number of nitrogens with one attached hydrogen (secondary N) is 1. The van der Waals surface area contributed by atoms with Crippen molar-refractivity contribution in [3.63, 3.8) is 0 Å². The Balaban J connectivity index is 1.88. The molecule has 1 N–H and O–H groups in total. The summed E-state index contributed by atoms with van der Waals surface area (Å²) in [6.45, 7) is 5.87. The molecule has 2 rings (SSSR count). The van der Waals surface area contributed by atoms with E-state index in [0.717, 1.165) is 10.3 Å². The minimum absolute atomic E-state index is 0.592. The molecule has 0 spiro atoms. The summed E-state index contributed by atoms with van der Waals surface area (Å²) in [5.41, 5.74) is 1.13. The Kier molecular flexibility index (Phi) is 4.80. The average Bonchev–Trinajstić information content (AvgIpc) is 2.57. The molecule has 0 radical (unpaired) electrons. The SMILES string of the molecule is CCN1CCCC(Nc2ccc(Br)nc2)CC1. The highest BCUT2D eigenvalue weighted by Gasteiger charge is 2.15. The van der Waals surface area contributed by atoms with Crippen LogP contribution in [0.2, 0.25) is 0 Å². The summed E-state index contributed by atoms with van der Waals surface area (Å²) < 4.78 is 0.890. The van der Waals surface area contributed by atoms with Crippen LogP contribution >= 0.6 is 15.9 Å². The van der Waals surface area contributed by atoms with Crippen LogP contribution in [0.3, 0.4) is 0 Å². The van der Waals surface area contributed by atoms with Gasteiger partial charge in [-0.25, -0.2) is 4.98 Å². The third kappa shape index (κ3) is 3.96. The van der Waals surface area contributed by atoms with Crippen molar-refractivity contribution in [1.82, 2.24) is 9.88 Å². The number of nitrogens with zero attached hydrogens (tertiary/aromatic N) is 2. The molecule has 2 heterocycles. The molecule has 0 aliphatic carbocycles. The lowest BCUT2D eigenvalue weighted by atomic mass is 10.1. The molecule has 0 bridgehead atoms. The fourth-order valence-electron chi connectivity index (χ4n) is 2.31. The van der Waals surface area contributed by atoms with Crippen LogP contribution in [0.4, 0.5) is 5.69 Å². The third-order valence-electron chi connectivity index (χ3n) is 3.37. The molecule has 1 fully saturated rings. The highest BCUT2D eigenvalue weighted by Crippen LogP contribution is 2.17. The van der Waals surface area contributed by atoms with Gasteiger partial charge < -0.3 is 10.2 Å². The molecular formula is C13H20BrN3. The van der Waals surface area contributed by atoms with Gasteiger partial charge in [-0.15, -0.1) is 0 Å². The second-order valence-corrected chi connectivity index (χ2v) is 5.39. The zero-order chi connectivity index (χ0) is 12.1. The van der Waals surface area contributed by atoms with Crippen molar-refractivity contribution in [2.45, 2.75) is 32.2 Å². The first-order valence-corrected chi connectivity index (χ1v) is 7.17. The van der Waals surface area contributed by atoms with Crippen molar-refractivity contribution in [3.05, 3.63) is 22.9 Å². The Morgan fingerprint density at radius 2 is 2.29 bits per heavy atom. The summed E-state index contributed by atoms with van der Waals surface area (Å²) >= 11 is 3.35. The first-order valence-electron chi connectivity index (χ1n) is 6.38. The van der Waals surface area contributed by atoms with Gasteiger partial charge in [-0.05, 0) is 60.4 Å². The minimum Gasteiger partial charge on any atom is -0.381 e. The summed E-state index contributed by atoms with van der Waals surface area (Å²) in [5, 5.41) is 3.58. The molecule has 0 amide bonds. The van der Waals surface area contributed by atoms with Gasteiger partial charge in [-0.1, -0.05) is 6.92 Å². The largest absolute Gasteiger partial charge is 0.381 e. The van der Waals surface area contributed by atoms with Crippen LogP contribution in [0.5, 0.6) is 0 Å². The Hall–Kier alpha value is -0.610. The van der Waals surface area contributed by atoms with Crippen molar-refractivity contribution in [2.24, 2.45) is 0 Å². The van der Waals surface area contributed by atoms with Crippen molar-refractivity contribution < 1.29 is 0 Å². The fourth-order valence-corrected chi connectivity index (χ4v) is 2.55. The second-order valence-electron chi connectivity index (χ2n) is 4.58. The molecule has 0 aromatic carbocycles. The molecule has 3 nitrogen and oxygen atoms in total. The molecular weight excluding hydrogens is 278 g/mol. The van der Waals surface area contributed by atoms with Crippen LogP contribution in [0.25, 0.3) is 0 Å². The van der Waals surface area contributed by atoms with Crippen LogP contribution in [-0.2, 0) is 0 Å². The molecule has 1 aromatic rings. The molecule has 1 atom stereocenters. The van der Waals surface area contributed by atoms with Crippen LogP contribution in [0.15, 0.2) is 22.9 Å². The molecule has 1 aromatic heterocycles. The summed E-state index contributed by atoms with van der Waals surface area (Å²) in [5.74, 6) is 0. The topological polar surface area (TPSA) is 28.2 Å². The number of hydrogen-bond acceptors (Lipinski definition) is 3. The minimum atomic E-state index is 0.592. The van der Waals surface area contributed by atoms with Crippen molar-refractivity contribution in [3.8, 4) is 0 Å². The quantitative estimate of drug-likeness (QED) is 0.869. The van der Waals surface area contributed by atoms with E-state index in [9.17, 15) is 0 Å². The first kappa shape index (κ1) is 12.8.